The number of fused-ring (bicyclic) bond motifs is 3. The highest BCUT2D eigenvalue weighted by atomic mass is 19.4. The SMILES string of the molecule is Cc1cc(CNc2ncc3c(n2)-c2ccccc2NC(=O)C3)c(C(F)(F)F)o1. The first-order valence-corrected chi connectivity index (χ1v) is 8.47. The maximum absolute atomic E-state index is 13.1. The molecule has 4 rings (SSSR count). The zero-order chi connectivity index (χ0) is 19.9. The molecule has 3 heterocycles. The van der Waals surface area contributed by atoms with E-state index in [0.29, 0.717) is 16.9 Å². The van der Waals surface area contributed by atoms with E-state index in [9.17, 15) is 18.0 Å². The summed E-state index contributed by atoms with van der Waals surface area (Å²) in [7, 11) is 0. The molecule has 0 saturated carbocycles. The fraction of sp³-hybridized carbons (Fsp3) is 0.211. The number of amides is 1. The van der Waals surface area contributed by atoms with Crippen LogP contribution in [-0.2, 0) is 23.9 Å². The summed E-state index contributed by atoms with van der Waals surface area (Å²) in [4.78, 5) is 20.6. The number of carbonyl (C=O) groups is 1. The fourth-order valence-electron chi connectivity index (χ4n) is 3.13. The van der Waals surface area contributed by atoms with Crippen molar-refractivity contribution < 1.29 is 22.4 Å². The van der Waals surface area contributed by atoms with Gasteiger partial charge in [-0.05, 0) is 19.1 Å². The van der Waals surface area contributed by atoms with Gasteiger partial charge in [-0.1, -0.05) is 18.2 Å². The van der Waals surface area contributed by atoms with E-state index in [2.05, 4.69) is 20.6 Å². The number of carbonyl (C=O) groups excluding carboxylic acids is 1. The largest absolute Gasteiger partial charge is 0.456 e. The van der Waals surface area contributed by atoms with Gasteiger partial charge in [0.2, 0.25) is 17.6 Å². The standard InChI is InChI=1S/C19H15F3N4O2/c1-10-6-12(17(28-10)19(20,21)22)9-24-18-23-8-11-7-15(27)25-14-5-3-2-4-13(14)16(11)26-18/h2-6,8H,7,9H2,1H3,(H,25,27)(H,23,24,26). The predicted octanol–water partition coefficient (Wildman–Crippen LogP) is 4.17. The highest BCUT2D eigenvalue weighted by molar-refractivity contribution is 5.99. The predicted molar refractivity (Wildman–Crippen MR) is 95.6 cm³/mol. The molecule has 9 heteroatoms. The third-order valence-electron chi connectivity index (χ3n) is 4.30. The van der Waals surface area contributed by atoms with Crippen LogP contribution >= 0.6 is 0 Å². The van der Waals surface area contributed by atoms with Crippen molar-refractivity contribution in [3.8, 4) is 11.3 Å². The molecule has 0 radical (unpaired) electrons. The Kier molecular flexibility index (Phi) is 4.29. The van der Waals surface area contributed by atoms with Crippen molar-refractivity contribution in [3.05, 3.63) is 59.2 Å². The van der Waals surface area contributed by atoms with Gasteiger partial charge in [-0.2, -0.15) is 13.2 Å². The number of anilines is 2. The minimum atomic E-state index is -4.58. The van der Waals surface area contributed by atoms with Gasteiger partial charge < -0.3 is 15.1 Å². The summed E-state index contributed by atoms with van der Waals surface area (Å²) < 4.78 is 44.0. The third-order valence-corrected chi connectivity index (χ3v) is 4.30. The molecule has 1 aliphatic heterocycles. The van der Waals surface area contributed by atoms with Gasteiger partial charge in [0.25, 0.3) is 0 Å². The van der Waals surface area contributed by atoms with Crippen LogP contribution < -0.4 is 10.6 Å². The van der Waals surface area contributed by atoms with Crippen LogP contribution in [0.5, 0.6) is 0 Å². The number of rotatable bonds is 3. The fourth-order valence-corrected chi connectivity index (χ4v) is 3.13. The smallest absolute Gasteiger partial charge is 0.449 e. The van der Waals surface area contributed by atoms with Crippen LogP contribution in [-0.4, -0.2) is 15.9 Å². The summed E-state index contributed by atoms with van der Waals surface area (Å²) in [6, 6.07) is 8.53. The zero-order valence-corrected chi connectivity index (χ0v) is 14.7. The first-order valence-electron chi connectivity index (χ1n) is 8.47. The number of alkyl halides is 3. The highest BCUT2D eigenvalue weighted by Crippen LogP contribution is 2.35. The average Bonchev–Trinajstić information content (AvgIpc) is 2.95. The van der Waals surface area contributed by atoms with Crippen LogP contribution in [0, 0.1) is 6.92 Å². The van der Waals surface area contributed by atoms with Crippen LogP contribution in [0.25, 0.3) is 11.3 Å². The monoisotopic (exact) mass is 388 g/mol. The lowest BCUT2D eigenvalue weighted by molar-refractivity contribution is -0.154. The van der Waals surface area contributed by atoms with Crippen LogP contribution in [0.1, 0.15) is 22.6 Å². The van der Waals surface area contributed by atoms with Gasteiger partial charge in [0.15, 0.2) is 0 Å². The van der Waals surface area contributed by atoms with Crippen molar-refractivity contribution in [1.82, 2.24) is 9.97 Å². The first-order chi connectivity index (χ1) is 13.3. The molecule has 144 valence electrons. The van der Waals surface area contributed by atoms with Crippen molar-refractivity contribution in [3.63, 3.8) is 0 Å². The molecule has 2 aromatic heterocycles. The summed E-state index contributed by atoms with van der Waals surface area (Å²) in [5.41, 5.74) is 2.53. The molecule has 3 aromatic rings. The Morgan fingerprint density at radius 3 is 2.86 bits per heavy atom. The Hall–Kier alpha value is -3.36. The van der Waals surface area contributed by atoms with Gasteiger partial charge in [0, 0.05) is 29.4 Å². The molecule has 0 aliphatic carbocycles. The Bertz CT molecular complexity index is 1060. The number of benzene rings is 1. The van der Waals surface area contributed by atoms with Gasteiger partial charge in [0.05, 0.1) is 17.8 Å². The molecular weight excluding hydrogens is 373 g/mol. The zero-order valence-electron chi connectivity index (χ0n) is 14.7. The number of hydrogen-bond acceptors (Lipinski definition) is 5. The van der Waals surface area contributed by atoms with Gasteiger partial charge in [0.1, 0.15) is 5.76 Å². The molecule has 6 nitrogen and oxygen atoms in total. The second kappa shape index (κ2) is 6.66. The van der Waals surface area contributed by atoms with E-state index in [1.807, 2.05) is 12.1 Å². The van der Waals surface area contributed by atoms with Gasteiger partial charge in [-0.3, -0.25) is 4.79 Å². The molecular formula is C19H15F3N4O2. The second-order valence-corrected chi connectivity index (χ2v) is 6.40. The number of aryl methyl sites for hydroxylation is 1. The topological polar surface area (TPSA) is 80.0 Å². The summed E-state index contributed by atoms with van der Waals surface area (Å²) in [6.07, 6.45) is -2.95. The van der Waals surface area contributed by atoms with Gasteiger partial charge >= 0.3 is 6.18 Å². The maximum atomic E-state index is 13.1. The van der Waals surface area contributed by atoms with E-state index in [4.69, 9.17) is 4.42 Å². The van der Waals surface area contributed by atoms with Crippen molar-refractivity contribution >= 4 is 17.5 Å². The maximum Gasteiger partial charge on any atom is 0.449 e. The van der Waals surface area contributed by atoms with Crippen LogP contribution in [0.2, 0.25) is 0 Å². The summed E-state index contributed by atoms with van der Waals surface area (Å²) in [5.74, 6) is -0.882. The minimum Gasteiger partial charge on any atom is -0.456 e. The van der Waals surface area contributed by atoms with Crippen LogP contribution in [0.4, 0.5) is 24.8 Å². The van der Waals surface area contributed by atoms with Crippen LogP contribution in [0.15, 0.2) is 40.9 Å². The third kappa shape index (κ3) is 3.42. The molecule has 2 N–H and O–H groups in total. The quantitative estimate of drug-likeness (QED) is 0.704. The van der Waals surface area contributed by atoms with Crippen molar-refractivity contribution in [1.29, 1.82) is 0 Å². The first kappa shape index (κ1) is 18.0. The van der Waals surface area contributed by atoms with E-state index in [-0.39, 0.29) is 36.1 Å². The molecule has 0 bridgehead atoms. The molecule has 28 heavy (non-hydrogen) atoms. The van der Waals surface area contributed by atoms with E-state index < -0.39 is 11.9 Å². The highest BCUT2D eigenvalue weighted by Gasteiger charge is 2.37. The molecule has 1 amide bonds. The molecule has 0 fully saturated rings. The van der Waals surface area contributed by atoms with Crippen molar-refractivity contribution in [2.75, 3.05) is 10.6 Å². The van der Waals surface area contributed by atoms with Gasteiger partial charge in [-0.15, -0.1) is 0 Å². The molecule has 0 unspecified atom stereocenters. The summed E-state index contributed by atoms with van der Waals surface area (Å²) in [6.45, 7) is 1.31. The number of furan rings is 1. The molecule has 0 spiro atoms. The summed E-state index contributed by atoms with van der Waals surface area (Å²) in [5, 5.41) is 5.62. The normalized spacial score (nSPS) is 13.4. The van der Waals surface area contributed by atoms with E-state index in [1.54, 1.807) is 12.1 Å². The van der Waals surface area contributed by atoms with E-state index in [0.717, 1.165) is 5.56 Å². The molecule has 0 atom stereocenters. The number of hydrogen-bond donors (Lipinski definition) is 2. The summed E-state index contributed by atoms with van der Waals surface area (Å²) >= 11 is 0. The lowest BCUT2D eigenvalue weighted by atomic mass is 10.1. The van der Waals surface area contributed by atoms with Crippen LogP contribution in [0.3, 0.4) is 0 Å². The number of nitrogens with zero attached hydrogens (tertiary/aromatic N) is 2. The number of nitrogens with one attached hydrogen (secondary N) is 2. The Labute approximate surface area is 157 Å². The molecule has 1 aliphatic rings. The Balaban J connectivity index is 1.65. The van der Waals surface area contributed by atoms with E-state index in [1.165, 1.54) is 19.2 Å². The molecule has 1 aromatic carbocycles. The van der Waals surface area contributed by atoms with Crippen molar-refractivity contribution in [2.45, 2.75) is 26.1 Å². The number of para-hydroxylation sites is 1. The Morgan fingerprint density at radius 1 is 1.29 bits per heavy atom. The minimum absolute atomic E-state index is 0.0270. The second-order valence-electron chi connectivity index (χ2n) is 6.40. The lowest BCUT2D eigenvalue weighted by Gasteiger charge is -2.11. The van der Waals surface area contributed by atoms with E-state index >= 15 is 0 Å². The number of halogens is 3. The Morgan fingerprint density at radius 2 is 2.07 bits per heavy atom. The number of aromatic nitrogens is 2. The average molecular weight is 388 g/mol. The lowest BCUT2D eigenvalue weighted by Crippen LogP contribution is -2.13. The molecule has 0 saturated heterocycles. The van der Waals surface area contributed by atoms with Gasteiger partial charge in [-0.25, -0.2) is 9.97 Å². The van der Waals surface area contributed by atoms with Crippen molar-refractivity contribution in [2.24, 2.45) is 0 Å².